The van der Waals surface area contributed by atoms with E-state index in [0.717, 1.165) is 18.2 Å². The molecule has 1 aromatic heterocycles. The summed E-state index contributed by atoms with van der Waals surface area (Å²) >= 11 is 11.9. The third-order valence-corrected chi connectivity index (χ3v) is 4.51. The summed E-state index contributed by atoms with van der Waals surface area (Å²) < 4.78 is 33.1. The van der Waals surface area contributed by atoms with Gasteiger partial charge in [0.2, 0.25) is 0 Å². The summed E-state index contributed by atoms with van der Waals surface area (Å²) in [5, 5.41) is 13.2. The molecule has 2 aromatic carbocycles. The second-order valence-electron chi connectivity index (χ2n) is 5.83. The van der Waals surface area contributed by atoms with Crippen molar-refractivity contribution in [3.63, 3.8) is 0 Å². The van der Waals surface area contributed by atoms with Crippen molar-refractivity contribution in [2.24, 2.45) is 0 Å². The molecule has 1 heterocycles. The van der Waals surface area contributed by atoms with Crippen LogP contribution in [0.5, 0.6) is 5.75 Å². The Kier molecular flexibility index (Phi) is 6.43. The van der Waals surface area contributed by atoms with E-state index in [-0.39, 0.29) is 39.3 Å². The van der Waals surface area contributed by atoms with Gasteiger partial charge >= 0.3 is 0 Å². The lowest BCUT2D eigenvalue weighted by Gasteiger charge is -2.12. The van der Waals surface area contributed by atoms with E-state index in [1.54, 1.807) is 0 Å². The van der Waals surface area contributed by atoms with Crippen molar-refractivity contribution < 1.29 is 23.2 Å². The molecule has 0 bridgehead atoms. The second kappa shape index (κ2) is 9.02. The van der Waals surface area contributed by atoms with E-state index >= 15 is 0 Å². The Labute approximate surface area is 178 Å². The standard InChI is InChI=1S/C19H11Cl2F2N3O4/c20-10-3-1-5-16(26(28)29)18(10)19(27)25-14-8-17(13(23)7-11(14)21)30-9-15-12(22)4-2-6-24-15/h1-8H,9H2,(H,25,27). The van der Waals surface area contributed by atoms with Crippen LogP contribution in [0, 0.1) is 21.7 Å². The summed E-state index contributed by atoms with van der Waals surface area (Å²) in [4.78, 5) is 26.8. The van der Waals surface area contributed by atoms with Crippen molar-refractivity contribution in [2.75, 3.05) is 5.32 Å². The summed E-state index contributed by atoms with van der Waals surface area (Å²) in [7, 11) is 0. The zero-order chi connectivity index (χ0) is 21.8. The van der Waals surface area contributed by atoms with E-state index in [0.29, 0.717) is 0 Å². The number of hydrogen-bond acceptors (Lipinski definition) is 5. The zero-order valence-electron chi connectivity index (χ0n) is 14.9. The molecule has 0 unspecified atom stereocenters. The molecule has 0 spiro atoms. The molecule has 3 rings (SSSR count). The van der Waals surface area contributed by atoms with E-state index in [1.807, 2.05) is 0 Å². The maximum atomic E-state index is 14.2. The number of amides is 1. The number of ether oxygens (including phenoxy) is 1. The number of nitro benzene ring substituents is 1. The molecular formula is C19H11Cl2F2N3O4. The molecule has 0 aliphatic heterocycles. The van der Waals surface area contributed by atoms with Crippen molar-refractivity contribution in [1.29, 1.82) is 0 Å². The monoisotopic (exact) mass is 453 g/mol. The molecule has 3 aromatic rings. The van der Waals surface area contributed by atoms with Crippen LogP contribution in [0.4, 0.5) is 20.2 Å². The summed E-state index contributed by atoms with van der Waals surface area (Å²) in [5.41, 5.74) is -1.04. The van der Waals surface area contributed by atoms with Gasteiger partial charge in [-0.1, -0.05) is 29.3 Å². The quantitative estimate of drug-likeness (QED) is 0.397. The number of pyridine rings is 1. The lowest BCUT2D eigenvalue weighted by molar-refractivity contribution is -0.385. The first kappa shape index (κ1) is 21.4. The molecule has 0 saturated heterocycles. The Morgan fingerprint density at radius 2 is 1.90 bits per heavy atom. The van der Waals surface area contributed by atoms with Gasteiger partial charge in [-0.3, -0.25) is 19.9 Å². The van der Waals surface area contributed by atoms with Gasteiger partial charge in [-0.2, -0.15) is 0 Å². The lowest BCUT2D eigenvalue weighted by Crippen LogP contribution is -2.15. The highest BCUT2D eigenvalue weighted by Gasteiger charge is 2.24. The number of nitrogens with zero attached hydrogens (tertiary/aromatic N) is 2. The predicted molar refractivity (Wildman–Crippen MR) is 106 cm³/mol. The van der Waals surface area contributed by atoms with Crippen molar-refractivity contribution in [2.45, 2.75) is 6.61 Å². The Hall–Kier alpha value is -3.30. The Morgan fingerprint density at radius 1 is 1.13 bits per heavy atom. The topological polar surface area (TPSA) is 94.4 Å². The highest BCUT2D eigenvalue weighted by Crippen LogP contribution is 2.33. The highest BCUT2D eigenvalue weighted by molar-refractivity contribution is 6.36. The van der Waals surface area contributed by atoms with Gasteiger partial charge in [-0.05, 0) is 24.3 Å². The fourth-order valence-electron chi connectivity index (χ4n) is 2.48. The Balaban J connectivity index is 1.87. The van der Waals surface area contributed by atoms with Gasteiger partial charge < -0.3 is 10.1 Å². The van der Waals surface area contributed by atoms with Crippen LogP contribution in [0.25, 0.3) is 0 Å². The van der Waals surface area contributed by atoms with E-state index in [1.165, 1.54) is 30.5 Å². The minimum Gasteiger partial charge on any atom is -0.484 e. The number of carbonyl (C=O) groups excluding carboxylic acids is 1. The number of hydrogen-bond donors (Lipinski definition) is 1. The molecular weight excluding hydrogens is 443 g/mol. The normalized spacial score (nSPS) is 10.5. The molecule has 0 atom stereocenters. The van der Waals surface area contributed by atoms with E-state index in [4.69, 9.17) is 27.9 Å². The summed E-state index contributed by atoms with van der Waals surface area (Å²) in [6, 6.07) is 8.26. The minimum atomic E-state index is -0.928. The first-order valence-electron chi connectivity index (χ1n) is 8.23. The summed E-state index contributed by atoms with van der Waals surface area (Å²) in [5.74, 6) is -2.76. The minimum absolute atomic E-state index is 0.0517. The lowest BCUT2D eigenvalue weighted by atomic mass is 10.1. The van der Waals surface area contributed by atoms with Crippen LogP contribution in [0.15, 0.2) is 48.7 Å². The fraction of sp³-hybridized carbons (Fsp3) is 0.0526. The molecule has 0 aliphatic carbocycles. The summed E-state index contributed by atoms with van der Waals surface area (Å²) in [6.45, 7) is -0.380. The van der Waals surface area contributed by atoms with Crippen LogP contribution in [0.2, 0.25) is 10.0 Å². The molecule has 30 heavy (non-hydrogen) atoms. The number of anilines is 1. The highest BCUT2D eigenvalue weighted by atomic mass is 35.5. The van der Waals surface area contributed by atoms with Gasteiger partial charge in [0.1, 0.15) is 23.7 Å². The average molecular weight is 454 g/mol. The molecule has 11 heteroatoms. The van der Waals surface area contributed by atoms with Crippen LogP contribution in [0.3, 0.4) is 0 Å². The third-order valence-electron chi connectivity index (χ3n) is 3.88. The smallest absolute Gasteiger partial charge is 0.283 e. The Bertz CT molecular complexity index is 1140. The fourth-order valence-corrected chi connectivity index (χ4v) is 2.93. The van der Waals surface area contributed by atoms with Crippen molar-refractivity contribution in [3.05, 3.63) is 91.7 Å². The third kappa shape index (κ3) is 4.64. The average Bonchev–Trinajstić information content (AvgIpc) is 2.69. The van der Waals surface area contributed by atoms with E-state index in [2.05, 4.69) is 10.3 Å². The number of aromatic nitrogens is 1. The van der Waals surface area contributed by atoms with Crippen molar-refractivity contribution >= 4 is 40.5 Å². The molecule has 0 aliphatic rings. The van der Waals surface area contributed by atoms with Crippen molar-refractivity contribution in [1.82, 2.24) is 4.98 Å². The molecule has 1 N–H and O–H groups in total. The Morgan fingerprint density at radius 3 is 2.60 bits per heavy atom. The van der Waals surface area contributed by atoms with Gasteiger partial charge in [0.05, 0.1) is 20.7 Å². The molecule has 0 fully saturated rings. The maximum absolute atomic E-state index is 14.2. The van der Waals surface area contributed by atoms with Crippen molar-refractivity contribution in [3.8, 4) is 5.75 Å². The molecule has 154 valence electrons. The van der Waals surface area contributed by atoms with Gasteiger partial charge in [0, 0.05) is 18.3 Å². The van der Waals surface area contributed by atoms with Gasteiger partial charge in [0.25, 0.3) is 11.6 Å². The number of carbonyl (C=O) groups is 1. The maximum Gasteiger partial charge on any atom is 0.283 e. The van der Waals surface area contributed by atoms with Crippen LogP contribution >= 0.6 is 23.2 Å². The first-order valence-corrected chi connectivity index (χ1v) is 8.99. The largest absolute Gasteiger partial charge is 0.484 e. The summed E-state index contributed by atoms with van der Waals surface area (Å²) in [6.07, 6.45) is 1.35. The zero-order valence-corrected chi connectivity index (χ0v) is 16.4. The van der Waals surface area contributed by atoms with Crippen LogP contribution < -0.4 is 10.1 Å². The number of nitrogens with one attached hydrogen (secondary N) is 1. The van der Waals surface area contributed by atoms with Gasteiger partial charge in [0.15, 0.2) is 11.6 Å². The van der Waals surface area contributed by atoms with E-state index < -0.39 is 28.2 Å². The molecule has 1 amide bonds. The molecule has 0 saturated carbocycles. The SMILES string of the molecule is O=C(Nc1cc(OCc2ncccc2F)c(F)cc1Cl)c1c(Cl)cccc1[N+](=O)[O-]. The van der Waals surface area contributed by atoms with Gasteiger partial charge in [-0.25, -0.2) is 8.78 Å². The number of benzene rings is 2. The first-order chi connectivity index (χ1) is 14.3. The van der Waals surface area contributed by atoms with Crippen LogP contribution in [0.1, 0.15) is 16.1 Å². The molecule has 7 nitrogen and oxygen atoms in total. The second-order valence-corrected chi connectivity index (χ2v) is 6.64. The molecule has 0 radical (unpaired) electrons. The van der Waals surface area contributed by atoms with E-state index in [9.17, 15) is 23.7 Å². The van der Waals surface area contributed by atoms with Crippen LogP contribution in [-0.4, -0.2) is 15.8 Å². The number of halogens is 4. The van der Waals surface area contributed by atoms with Crippen LogP contribution in [-0.2, 0) is 6.61 Å². The predicted octanol–water partition coefficient (Wildman–Crippen LogP) is 5.41. The number of rotatable bonds is 6. The number of nitro groups is 1. The van der Waals surface area contributed by atoms with Gasteiger partial charge in [-0.15, -0.1) is 0 Å².